The van der Waals surface area contributed by atoms with Gasteiger partial charge in [0, 0.05) is 12.6 Å². The van der Waals surface area contributed by atoms with Crippen LogP contribution in [0.4, 0.5) is 0 Å². The van der Waals surface area contributed by atoms with Crippen molar-refractivity contribution in [2.75, 3.05) is 32.5 Å². The summed E-state index contributed by atoms with van der Waals surface area (Å²) in [6.45, 7) is 7.42. The molecule has 142 valence electrons. The van der Waals surface area contributed by atoms with E-state index in [0.29, 0.717) is 19.2 Å². The highest BCUT2D eigenvalue weighted by Gasteiger charge is 2.25. The van der Waals surface area contributed by atoms with E-state index in [2.05, 4.69) is 29.5 Å². The predicted octanol–water partition coefficient (Wildman–Crippen LogP) is 2.59. The summed E-state index contributed by atoms with van der Waals surface area (Å²) < 4.78 is 30.7. The first-order chi connectivity index (χ1) is 11.9. The monoisotopic (exact) mass is 368 g/mol. The molecule has 0 aliphatic heterocycles. The van der Waals surface area contributed by atoms with Crippen molar-refractivity contribution >= 4 is 10.0 Å². The maximum Gasteiger partial charge on any atom is 0.208 e. The van der Waals surface area contributed by atoms with Crippen LogP contribution in [0.3, 0.4) is 0 Å². The van der Waals surface area contributed by atoms with E-state index in [9.17, 15) is 8.42 Å². The maximum atomic E-state index is 11.1. The Bertz CT molecular complexity index is 640. The quantitative estimate of drug-likeness (QED) is 0.645. The fraction of sp³-hybridized carbons (Fsp3) is 0.684. The summed E-state index contributed by atoms with van der Waals surface area (Å²) in [6.07, 6.45) is 6.83. The summed E-state index contributed by atoms with van der Waals surface area (Å²) in [4.78, 5) is 2.62. The SMILES string of the molecule is CCCN(CCC)C1CCc2cccc(OCCNS(C)(=O)=O)c2C1. The Hall–Kier alpha value is -1.11. The molecule has 0 saturated heterocycles. The number of fused-ring (bicyclic) bond motifs is 1. The molecular weight excluding hydrogens is 336 g/mol. The summed E-state index contributed by atoms with van der Waals surface area (Å²) in [7, 11) is -3.17. The van der Waals surface area contributed by atoms with E-state index in [1.807, 2.05) is 12.1 Å². The lowest BCUT2D eigenvalue weighted by atomic mass is 9.86. The third kappa shape index (κ3) is 6.28. The number of sulfonamides is 1. The zero-order valence-electron chi connectivity index (χ0n) is 15.8. The molecule has 0 fully saturated rings. The van der Waals surface area contributed by atoms with Gasteiger partial charge in [-0.15, -0.1) is 0 Å². The number of ether oxygens (including phenoxy) is 1. The third-order valence-corrected chi connectivity index (χ3v) is 5.41. The molecular formula is C19H32N2O3S. The maximum absolute atomic E-state index is 11.1. The van der Waals surface area contributed by atoms with Crippen LogP contribution in [0.2, 0.25) is 0 Å². The van der Waals surface area contributed by atoms with Gasteiger partial charge >= 0.3 is 0 Å². The minimum atomic E-state index is -3.17. The van der Waals surface area contributed by atoms with Crippen LogP contribution in [-0.4, -0.2) is 51.9 Å². The highest BCUT2D eigenvalue weighted by Crippen LogP contribution is 2.31. The molecule has 1 aliphatic rings. The summed E-state index contributed by atoms with van der Waals surface area (Å²) in [5, 5.41) is 0. The lowest BCUT2D eigenvalue weighted by molar-refractivity contribution is 0.178. The van der Waals surface area contributed by atoms with Gasteiger partial charge in [-0.25, -0.2) is 13.1 Å². The Kier molecular flexibility index (Phi) is 7.72. The first kappa shape index (κ1) is 20.2. The van der Waals surface area contributed by atoms with Crippen molar-refractivity contribution in [1.82, 2.24) is 9.62 Å². The molecule has 0 saturated carbocycles. The van der Waals surface area contributed by atoms with E-state index < -0.39 is 10.0 Å². The van der Waals surface area contributed by atoms with E-state index in [0.717, 1.165) is 37.9 Å². The molecule has 0 bridgehead atoms. The van der Waals surface area contributed by atoms with Crippen LogP contribution in [-0.2, 0) is 22.9 Å². The van der Waals surface area contributed by atoms with E-state index in [1.54, 1.807) is 0 Å². The van der Waals surface area contributed by atoms with Gasteiger partial charge in [-0.2, -0.15) is 0 Å². The van der Waals surface area contributed by atoms with E-state index in [-0.39, 0.29) is 0 Å². The topological polar surface area (TPSA) is 58.6 Å². The van der Waals surface area contributed by atoms with Crippen molar-refractivity contribution < 1.29 is 13.2 Å². The van der Waals surface area contributed by atoms with Crippen molar-refractivity contribution in [3.63, 3.8) is 0 Å². The summed E-state index contributed by atoms with van der Waals surface area (Å²) in [5.74, 6) is 0.908. The Balaban J connectivity index is 2.03. The number of benzene rings is 1. The van der Waals surface area contributed by atoms with Gasteiger partial charge in [0.15, 0.2) is 0 Å². The molecule has 1 unspecified atom stereocenters. The molecule has 1 aliphatic carbocycles. The first-order valence-electron chi connectivity index (χ1n) is 9.36. The molecule has 6 heteroatoms. The number of nitrogens with zero attached hydrogens (tertiary/aromatic N) is 1. The fourth-order valence-electron chi connectivity index (χ4n) is 3.62. The zero-order valence-corrected chi connectivity index (χ0v) is 16.6. The number of rotatable bonds is 10. The lowest BCUT2D eigenvalue weighted by Crippen LogP contribution is -2.40. The molecule has 0 aromatic heterocycles. The van der Waals surface area contributed by atoms with Crippen molar-refractivity contribution in [3.05, 3.63) is 29.3 Å². The van der Waals surface area contributed by atoms with E-state index in [4.69, 9.17) is 4.74 Å². The molecule has 5 nitrogen and oxygen atoms in total. The molecule has 0 spiro atoms. The molecule has 0 heterocycles. The summed E-state index contributed by atoms with van der Waals surface area (Å²) in [6, 6.07) is 6.81. The third-order valence-electron chi connectivity index (χ3n) is 4.68. The van der Waals surface area contributed by atoms with Crippen LogP contribution in [0.5, 0.6) is 5.75 Å². The minimum Gasteiger partial charge on any atom is -0.492 e. The standard InChI is InChI=1S/C19H32N2O3S/c1-4-12-21(13-5-2)17-10-9-16-7-6-8-19(18(16)15-17)24-14-11-20-25(3,22)23/h6-8,17,20H,4-5,9-15H2,1-3H3. The van der Waals surface area contributed by atoms with Gasteiger partial charge in [0.25, 0.3) is 0 Å². The van der Waals surface area contributed by atoms with Crippen molar-refractivity contribution in [3.8, 4) is 5.75 Å². The average molecular weight is 369 g/mol. The van der Waals surface area contributed by atoms with Crippen LogP contribution < -0.4 is 9.46 Å². The predicted molar refractivity (Wildman–Crippen MR) is 103 cm³/mol. The Labute approximate surface area is 152 Å². The average Bonchev–Trinajstić information content (AvgIpc) is 2.57. The largest absolute Gasteiger partial charge is 0.492 e. The first-order valence-corrected chi connectivity index (χ1v) is 11.3. The minimum absolute atomic E-state index is 0.295. The van der Waals surface area contributed by atoms with Crippen LogP contribution in [0.1, 0.15) is 44.2 Å². The normalized spacial score (nSPS) is 17.5. The van der Waals surface area contributed by atoms with Gasteiger partial charge < -0.3 is 9.64 Å². The molecule has 0 radical (unpaired) electrons. The smallest absolute Gasteiger partial charge is 0.208 e. The van der Waals surface area contributed by atoms with Gasteiger partial charge in [-0.3, -0.25) is 0 Å². The number of hydrogen-bond acceptors (Lipinski definition) is 4. The molecule has 1 aromatic carbocycles. The Morgan fingerprint density at radius 1 is 1.24 bits per heavy atom. The molecule has 1 N–H and O–H groups in total. The number of nitrogens with one attached hydrogen (secondary N) is 1. The summed E-state index contributed by atoms with van der Waals surface area (Å²) >= 11 is 0. The van der Waals surface area contributed by atoms with Crippen LogP contribution >= 0.6 is 0 Å². The molecule has 0 amide bonds. The Morgan fingerprint density at radius 3 is 2.60 bits per heavy atom. The second-order valence-corrected chi connectivity index (χ2v) is 8.67. The van der Waals surface area contributed by atoms with Crippen molar-refractivity contribution in [2.45, 2.75) is 52.0 Å². The summed E-state index contributed by atoms with van der Waals surface area (Å²) in [5.41, 5.74) is 2.67. The molecule has 25 heavy (non-hydrogen) atoms. The molecule has 1 aromatic rings. The van der Waals surface area contributed by atoms with Gasteiger partial charge in [0.05, 0.1) is 6.26 Å². The zero-order chi connectivity index (χ0) is 18.3. The second kappa shape index (κ2) is 9.55. The lowest BCUT2D eigenvalue weighted by Gasteiger charge is -2.35. The fourth-order valence-corrected chi connectivity index (χ4v) is 4.08. The van der Waals surface area contributed by atoms with Crippen LogP contribution in [0.15, 0.2) is 18.2 Å². The number of aryl methyl sites for hydroxylation is 1. The van der Waals surface area contributed by atoms with Gasteiger partial charge in [-0.05, 0) is 62.4 Å². The Morgan fingerprint density at radius 2 is 1.96 bits per heavy atom. The second-order valence-electron chi connectivity index (χ2n) is 6.84. The van der Waals surface area contributed by atoms with Gasteiger partial charge in [0.1, 0.15) is 12.4 Å². The molecule has 1 atom stereocenters. The highest BCUT2D eigenvalue weighted by atomic mass is 32.2. The van der Waals surface area contributed by atoms with Crippen molar-refractivity contribution in [2.24, 2.45) is 0 Å². The number of hydrogen-bond donors (Lipinski definition) is 1. The van der Waals surface area contributed by atoms with E-state index in [1.165, 1.54) is 30.4 Å². The molecule has 2 rings (SSSR count). The van der Waals surface area contributed by atoms with Crippen molar-refractivity contribution in [1.29, 1.82) is 0 Å². The highest BCUT2D eigenvalue weighted by molar-refractivity contribution is 7.88. The van der Waals surface area contributed by atoms with Gasteiger partial charge in [0.2, 0.25) is 10.0 Å². The van der Waals surface area contributed by atoms with Crippen LogP contribution in [0, 0.1) is 0 Å². The van der Waals surface area contributed by atoms with Crippen LogP contribution in [0.25, 0.3) is 0 Å². The van der Waals surface area contributed by atoms with E-state index >= 15 is 0 Å². The van der Waals surface area contributed by atoms with Gasteiger partial charge in [-0.1, -0.05) is 26.0 Å².